The first-order valence-corrected chi connectivity index (χ1v) is 11.1. The van der Waals surface area contributed by atoms with Gasteiger partial charge in [0.1, 0.15) is 0 Å². The van der Waals surface area contributed by atoms with Crippen molar-refractivity contribution in [2.24, 2.45) is 10.9 Å². The summed E-state index contributed by atoms with van der Waals surface area (Å²) in [6.07, 6.45) is 8.06. The molecule has 154 valence electrons. The van der Waals surface area contributed by atoms with Crippen LogP contribution in [0.2, 0.25) is 0 Å². The van der Waals surface area contributed by atoms with E-state index in [0.29, 0.717) is 6.54 Å². The zero-order valence-electron chi connectivity index (χ0n) is 16.3. The van der Waals surface area contributed by atoms with Crippen LogP contribution in [-0.4, -0.2) is 34.5 Å². The standard InChI is InChI=1S/C19H32N4O2S.HI/c1-3-21-19(22-14-6-9-16-7-4-5-8-16)23-15-17-10-12-18(13-11-17)26(24,25)20-2;/h10-13,16,20H,3-9,14-15H2,1-2H3,(H2,21,22,23);1H. The van der Waals surface area contributed by atoms with Gasteiger partial charge in [-0.1, -0.05) is 37.8 Å². The second-order valence-electron chi connectivity index (χ2n) is 6.77. The summed E-state index contributed by atoms with van der Waals surface area (Å²) < 4.78 is 25.8. The minimum Gasteiger partial charge on any atom is -0.357 e. The Morgan fingerprint density at radius 3 is 2.41 bits per heavy atom. The van der Waals surface area contributed by atoms with E-state index in [0.717, 1.165) is 30.5 Å². The van der Waals surface area contributed by atoms with E-state index in [1.807, 2.05) is 6.92 Å². The number of nitrogens with zero attached hydrogens (tertiary/aromatic N) is 1. The summed E-state index contributed by atoms with van der Waals surface area (Å²) in [6.45, 7) is 4.31. The number of halogens is 1. The van der Waals surface area contributed by atoms with Crippen molar-refractivity contribution >= 4 is 40.0 Å². The first-order chi connectivity index (χ1) is 12.5. The number of guanidine groups is 1. The Morgan fingerprint density at radius 2 is 1.81 bits per heavy atom. The van der Waals surface area contributed by atoms with Crippen LogP contribution in [0.1, 0.15) is 51.0 Å². The van der Waals surface area contributed by atoms with Gasteiger partial charge < -0.3 is 10.6 Å². The van der Waals surface area contributed by atoms with Crippen LogP contribution in [0.3, 0.4) is 0 Å². The van der Waals surface area contributed by atoms with Gasteiger partial charge in [-0.05, 0) is 50.4 Å². The van der Waals surface area contributed by atoms with Crippen LogP contribution in [-0.2, 0) is 16.6 Å². The number of benzene rings is 1. The second-order valence-corrected chi connectivity index (χ2v) is 8.65. The molecule has 1 saturated carbocycles. The van der Waals surface area contributed by atoms with Crippen LogP contribution in [0.4, 0.5) is 0 Å². The van der Waals surface area contributed by atoms with Gasteiger partial charge in [0, 0.05) is 13.1 Å². The molecule has 0 amide bonds. The van der Waals surface area contributed by atoms with E-state index in [2.05, 4.69) is 20.3 Å². The lowest BCUT2D eigenvalue weighted by molar-refractivity contribution is 0.481. The summed E-state index contributed by atoms with van der Waals surface area (Å²) >= 11 is 0. The molecule has 8 heteroatoms. The van der Waals surface area contributed by atoms with Gasteiger partial charge in [0.2, 0.25) is 10.0 Å². The van der Waals surface area contributed by atoms with Crippen LogP contribution >= 0.6 is 24.0 Å². The van der Waals surface area contributed by atoms with Gasteiger partial charge >= 0.3 is 0 Å². The van der Waals surface area contributed by atoms with E-state index in [-0.39, 0.29) is 28.9 Å². The van der Waals surface area contributed by atoms with Crippen LogP contribution in [0, 0.1) is 5.92 Å². The molecule has 0 aliphatic heterocycles. The minimum absolute atomic E-state index is 0. The fourth-order valence-corrected chi connectivity index (χ4v) is 4.03. The van der Waals surface area contributed by atoms with Crippen molar-refractivity contribution in [1.82, 2.24) is 15.4 Å². The normalized spacial score (nSPS) is 15.4. The second kappa shape index (κ2) is 12.6. The van der Waals surface area contributed by atoms with Crippen molar-refractivity contribution in [3.63, 3.8) is 0 Å². The van der Waals surface area contributed by atoms with Crippen molar-refractivity contribution in [1.29, 1.82) is 0 Å². The number of hydrogen-bond acceptors (Lipinski definition) is 3. The molecule has 1 aromatic carbocycles. The summed E-state index contributed by atoms with van der Waals surface area (Å²) in [5.41, 5.74) is 0.975. The third kappa shape index (κ3) is 8.35. The van der Waals surface area contributed by atoms with Crippen molar-refractivity contribution in [3.05, 3.63) is 29.8 Å². The topological polar surface area (TPSA) is 82.6 Å². The Bertz CT molecular complexity index is 671. The molecule has 1 fully saturated rings. The molecule has 3 N–H and O–H groups in total. The molecule has 0 radical (unpaired) electrons. The molecule has 0 spiro atoms. The number of nitrogens with one attached hydrogen (secondary N) is 3. The largest absolute Gasteiger partial charge is 0.357 e. The number of sulfonamides is 1. The zero-order chi connectivity index (χ0) is 18.8. The first kappa shape index (κ1) is 24.2. The highest BCUT2D eigenvalue weighted by molar-refractivity contribution is 14.0. The van der Waals surface area contributed by atoms with Gasteiger partial charge in [-0.3, -0.25) is 0 Å². The lowest BCUT2D eigenvalue weighted by Crippen LogP contribution is -2.37. The monoisotopic (exact) mass is 508 g/mol. The highest BCUT2D eigenvalue weighted by Crippen LogP contribution is 2.28. The Morgan fingerprint density at radius 1 is 1.15 bits per heavy atom. The Hall–Kier alpha value is -0.870. The van der Waals surface area contributed by atoms with E-state index < -0.39 is 10.0 Å². The van der Waals surface area contributed by atoms with Crippen molar-refractivity contribution in [2.75, 3.05) is 20.1 Å². The molecular weight excluding hydrogens is 475 g/mol. The maximum absolute atomic E-state index is 11.7. The van der Waals surface area contributed by atoms with Crippen LogP contribution in [0.5, 0.6) is 0 Å². The van der Waals surface area contributed by atoms with E-state index in [1.165, 1.54) is 45.6 Å². The molecule has 0 aromatic heterocycles. The summed E-state index contributed by atoms with van der Waals surface area (Å²) in [7, 11) is -1.98. The maximum atomic E-state index is 11.7. The molecule has 0 bridgehead atoms. The Kier molecular flexibility index (Phi) is 11.2. The molecule has 0 unspecified atom stereocenters. The quantitative estimate of drug-likeness (QED) is 0.207. The molecule has 1 aromatic rings. The van der Waals surface area contributed by atoms with Crippen molar-refractivity contribution in [2.45, 2.75) is 56.9 Å². The van der Waals surface area contributed by atoms with Gasteiger partial charge in [-0.15, -0.1) is 24.0 Å². The van der Waals surface area contributed by atoms with Gasteiger partial charge in [0.25, 0.3) is 0 Å². The minimum atomic E-state index is -3.39. The average molecular weight is 508 g/mol. The molecule has 0 saturated heterocycles. The van der Waals surface area contributed by atoms with E-state index in [4.69, 9.17) is 0 Å². The highest BCUT2D eigenvalue weighted by Gasteiger charge is 2.14. The summed E-state index contributed by atoms with van der Waals surface area (Å²) in [5.74, 6) is 1.73. The lowest BCUT2D eigenvalue weighted by atomic mass is 10.0. The van der Waals surface area contributed by atoms with Crippen LogP contribution < -0.4 is 15.4 Å². The zero-order valence-corrected chi connectivity index (χ0v) is 19.5. The van der Waals surface area contributed by atoms with Gasteiger partial charge in [0.15, 0.2) is 5.96 Å². The van der Waals surface area contributed by atoms with Crippen LogP contribution in [0.25, 0.3) is 0 Å². The highest BCUT2D eigenvalue weighted by atomic mass is 127. The molecular formula is C19H33IN4O2S. The van der Waals surface area contributed by atoms with Crippen molar-refractivity contribution in [3.8, 4) is 0 Å². The first-order valence-electron chi connectivity index (χ1n) is 9.60. The van der Waals surface area contributed by atoms with E-state index in [1.54, 1.807) is 24.3 Å². The molecule has 6 nitrogen and oxygen atoms in total. The number of aliphatic imine (C=N–C) groups is 1. The summed E-state index contributed by atoms with van der Waals surface area (Å²) in [5, 5.41) is 6.65. The smallest absolute Gasteiger partial charge is 0.240 e. The molecule has 1 aliphatic carbocycles. The Labute approximate surface area is 181 Å². The van der Waals surface area contributed by atoms with Crippen LogP contribution in [0.15, 0.2) is 34.2 Å². The third-order valence-corrected chi connectivity index (χ3v) is 6.25. The fraction of sp³-hybridized carbons (Fsp3) is 0.632. The third-order valence-electron chi connectivity index (χ3n) is 4.82. The van der Waals surface area contributed by atoms with Gasteiger partial charge in [-0.2, -0.15) is 0 Å². The van der Waals surface area contributed by atoms with E-state index in [9.17, 15) is 8.42 Å². The van der Waals surface area contributed by atoms with Gasteiger partial charge in [0.05, 0.1) is 11.4 Å². The predicted molar refractivity (Wildman–Crippen MR) is 122 cm³/mol. The molecule has 1 aliphatic rings. The predicted octanol–water partition coefficient (Wildman–Crippen LogP) is 3.24. The average Bonchev–Trinajstić information content (AvgIpc) is 3.17. The Balaban J connectivity index is 0.00000364. The number of rotatable bonds is 9. The summed E-state index contributed by atoms with van der Waals surface area (Å²) in [6, 6.07) is 6.83. The molecule has 0 heterocycles. The molecule has 2 rings (SSSR count). The maximum Gasteiger partial charge on any atom is 0.240 e. The van der Waals surface area contributed by atoms with Crippen molar-refractivity contribution < 1.29 is 8.42 Å². The SMILES string of the molecule is CCNC(=NCc1ccc(S(=O)(=O)NC)cc1)NCCCC1CCCC1.I. The molecule has 0 atom stereocenters. The lowest BCUT2D eigenvalue weighted by Gasteiger charge is -2.13. The number of hydrogen-bond donors (Lipinski definition) is 3. The van der Waals surface area contributed by atoms with E-state index >= 15 is 0 Å². The fourth-order valence-electron chi connectivity index (χ4n) is 3.30. The van der Waals surface area contributed by atoms with Gasteiger partial charge in [-0.25, -0.2) is 18.1 Å². The summed E-state index contributed by atoms with van der Waals surface area (Å²) in [4.78, 5) is 4.86. The molecule has 27 heavy (non-hydrogen) atoms.